The van der Waals surface area contributed by atoms with Crippen LogP contribution in [0.2, 0.25) is 0 Å². The summed E-state index contributed by atoms with van der Waals surface area (Å²) < 4.78 is 10.4. The van der Waals surface area contributed by atoms with E-state index in [1.807, 2.05) is 12.1 Å². The quantitative estimate of drug-likeness (QED) is 0.756. The van der Waals surface area contributed by atoms with Gasteiger partial charge < -0.3 is 14.9 Å². The van der Waals surface area contributed by atoms with E-state index in [-0.39, 0.29) is 6.04 Å². The molecule has 0 amide bonds. The normalized spacial score (nSPS) is 17.9. The molecule has 0 radical (unpaired) electrons. The number of ether oxygens (including phenoxy) is 1. The van der Waals surface area contributed by atoms with Crippen LogP contribution in [-0.4, -0.2) is 37.2 Å². The van der Waals surface area contributed by atoms with Crippen LogP contribution in [0.3, 0.4) is 0 Å². The molecule has 2 rings (SSSR count). The van der Waals surface area contributed by atoms with Gasteiger partial charge in [0.2, 0.25) is 0 Å². The van der Waals surface area contributed by atoms with Crippen molar-refractivity contribution < 1.29 is 9.15 Å². The van der Waals surface area contributed by atoms with E-state index >= 15 is 0 Å². The predicted octanol–water partition coefficient (Wildman–Crippen LogP) is 1.22. The molecular weight excluding hydrogens is 204 g/mol. The molecule has 4 heteroatoms. The van der Waals surface area contributed by atoms with Crippen molar-refractivity contribution in [1.29, 1.82) is 0 Å². The van der Waals surface area contributed by atoms with Crippen LogP contribution in [0.5, 0.6) is 0 Å². The van der Waals surface area contributed by atoms with Gasteiger partial charge in [-0.2, -0.15) is 0 Å². The average Bonchev–Trinajstić information content (AvgIpc) is 2.98. The number of hydrogen-bond acceptors (Lipinski definition) is 4. The second-order valence-corrected chi connectivity index (χ2v) is 4.46. The van der Waals surface area contributed by atoms with Gasteiger partial charge in [-0.15, -0.1) is 0 Å². The highest BCUT2D eigenvalue weighted by atomic mass is 16.5. The summed E-state index contributed by atoms with van der Waals surface area (Å²) in [6, 6.07) is 4.71. The molecule has 1 aliphatic rings. The van der Waals surface area contributed by atoms with Crippen molar-refractivity contribution in [3.05, 3.63) is 24.2 Å². The third kappa shape index (κ3) is 3.33. The Morgan fingerprint density at radius 2 is 2.44 bits per heavy atom. The van der Waals surface area contributed by atoms with E-state index in [0.29, 0.717) is 12.6 Å². The second kappa shape index (κ2) is 5.48. The number of rotatable bonds is 7. The van der Waals surface area contributed by atoms with E-state index in [2.05, 4.69) is 4.90 Å². The minimum atomic E-state index is 0.0839. The molecule has 0 bridgehead atoms. The molecule has 1 aromatic heterocycles. The Bertz CT molecular complexity index is 296. The Morgan fingerprint density at radius 3 is 3.00 bits per heavy atom. The van der Waals surface area contributed by atoms with Crippen LogP contribution in [0.4, 0.5) is 0 Å². The SMILES string of the molecule is COCC(N)CN(Cc1ccco1)C1CC1. The van der Waals surface area contributed by atoms with E-state index in [4.69, 9.17) is 14.9 Å². The second-order valence-electron chi connectivity index (χ2n) is 4.46. The van der Waals surface area contributed by atoms with Gasteiger partial charge in [-0.1, -0.05) is 0 Å². The summed E-state index contributed by atoms with van der Waals surface area (Å²) >= 11 is 0. The summed E-state index contributed by atoms with van der Waals surface area (Å²) in [5.41, 5.74) is 5.98. The Kier molecular flexibility index (Phi) is 3.98. The number of furan rings is 1. The zero-order valence-corrected chi connectivity index (χ0v) is 9.76. The summed E-state index contributed by atoms with van der Waals surface area (Å²) in [5.74, 6) is 1.01. The van der Waals surface area contributed by atoms with Crippen LogP contribution in [0, 0.1) is 0 Å². The molecule has 1 fully saturated rings. The van der Waals surface area contributed by atoms with Crippen LogP contribution in [0.15, 0.2) is 22.8 Å². The first-order valence-corrected chi connectivity index (χ1v) is 5.80. The summed E-state index contributed by atoms with van der Waals surface area (Å²) in [7, 11) is 1.69. The highest BCUT2D eigenvalue weighted by Gasteiger charge is 2.30. The molecule has 90 valence electrons. The third-order valence-electron chi connectivity index (χ3n) is 2.85. The first-order valence-electron chi connectivity index (χ1n) is 5.80. The Labute approximate surface area is 96.4 Å². The van der Waals surface area contributed by atoms with E-state index < -0.39 is 0 Å². The van der Waals surface area contributed by atoms with Crippen molar-refractivity contribution in [3.63, 3.8) is 0 Å². The van der Waals surface area contributed by atoms with Crippen molar-refractivity contribution in [2.24, 2.45) is 5.73 Å². The topological polar surface area (TPSA) is 51.6 Å². The molecule has 1 aliphatic carbocycles. The molecule has 1 atom stereocenters. The Morgan fingerprint density at radius 1 is 1.62 bits per heavy atom. The van der Waals surface area contributed by atoms with Gasteiger partial charge in [-0.3, -0.25) is 4.90 Å². The molecule has 4 nitrogen and oxygen atoms in total. The highest BCUT2D eigenvalue weighted by molar-refractivity contribution is 5.00. The predicted molar refractivity (Wildman–Crippen MR) is 62.0 cm³/mol. The van der Waals surface area contributed by atoms with Crippen LogP contribution in [-0.2, 0) is 11.3 Å². The molecular formula is C12H20N2O2. The molecule has 1 heterocycles. The number of nitrogens with two attached hydrogens (primary N) is 1. The Balaban J connectivity index is 1.85. The van der Waals surface area contributed by atoms with E-state index in [9.17, 15) is 0 Å². The van der Waals surface area contributed by atoms with Gasteiger partial charge in [0.25, 0.3) is 0 Å². The lowest BCUT2D eigenvalue weighted by atomic mass is 10.3. The zero-order valence-electron chi connectivity index (χ0n) is 9.76. The lowest BCUT2D eigenvalue weighted by Gasteiger charge is -2.24. The van der Waals surface area contributed by atoms with Crippen molar-refractivity contribution >= 4 is 0 Å². The third-order valence-corrected chi connectivity index (χ3v) is 2.85. The van der Waals surface area contributed by atoms with Crippen molar-refractivity contribution in [3.8, 4) is 0 Å². The minimum absolute atomic E-state index is 0.0839. The summed E-state index contributed by atoms with van der Waals surface area (Å²) in [6.07, 6.45) is 4.27. The number of nitrogens with zero attached hydrogens (tertiary/aromatic N) is 1. The standard InChI is InChI=1S/C12H20N2O2/c1-15-9-10(13)7-14(11-4-5-11)8-12-3-2-6-16-12/h2-3,6,10-11H,4-5,7-9,13H2,1H3. The molecule has 2 N–H and O–H groups in total. The highest BCUT2D eigenvalue weighted by Crippen LogP contribution is 2.28. The number of methoxy groups -OCH3 is 1. The smallest absolute Gasteiger partial charge is 0.117 e. The van der Waals surface area contributed by atoms with Gasteiger partial charge >= 0.3 is 0 Å². The van der Waals surface area contributed by atoms with E-state index in [1.54, 1.807) is 13.4 Å². The lowest BCUT2D eigenvalue weighted by molar-refractivity contribution is 0.144. The zero-order chi connectivity index (χ0) is 11.4. The molecule has 0 aliphatic heterocycles. The van der Waals surface area contributed by atoms with E-state index in [1.165, 1.54) is 12.8 Å². The summed E-state index contributed by atoms with van der Waals surface area (Å²) in [5, 5.41) is 0. The summed E-state index contributed by atoms with van der Waals surface area (Å²) in [6.45, 7) is 2.34. The molecule has 0 spiro atoms. The molecule has 16 heavy (non-hydrogen) atoms. The van der Waals surface area contributed by atoms with Crippen molar-refractivity contribution in [2.45, 2.75) is 31.5 Å². The van der Waals surface area contributed by atoms with E-state index in [0.717, 1.165) is 18.8 Å². The van der Waals surface area contributed by atoms with Gasteiger partial charge in [0.1, 0.15) is 5.76 Å². The van der Waals surface area contributed by atoms with Gasteiger partial charge in [-0.05, 0) is 25.0 Å². The van der Waals surface area contributed by atoms with Crippen LogP contribution in [0.1, 0.15) is 18.6 Å². The maximum atomic E-state index is 5.98. The molecule has 0 saturated heterocycles. The van der Waals surface area contributed by atoms with Crippen molar-refractivity contribution in [1.82, 2.24) is 4.90 Å². The fourth-order valence-corrected chi connectivity index (χ4v) is 1.95. The first-order chi connectivity index (χ1) is 7.79. The number of hydrogen-bond donors (Lipinski definition) is 1. The van der Waals surface area contributed by atoms with Crippen LogP contribution >= 0.6 is 0 Å². The lowest BCUT2D eigenvalue weighted by Crippen LogP contribution is -2.40. The first kappa shape index (κ1) is 11.6. The summed E-state index contributed by atoms with van der Waals surface area (Å²) in [4.78, 5) is 2.39. The van der Waals surface area contributed by atoms with Crippen LogP contribution < -0.4 is 5.73 Å². The fraction of sp³-hybridized carbons (Fsp3) is 0.667. The molecule has 1 aromatic rings. The average molecular weight is 224 g/mol. The fourth-order valence-electron chi connectivity index (χ4n) is 1.95. The minimum Gasteiger partial charge on any atom is -0.468 e. The molecule has 1 unspecified atom stereocenters. The maximum absolute atomic E-state index is 5.98. The largest absolute Gasteiger partial charge is 0.468 e. The van der Waals surface area contributed by atoms with Crippen molar-refractivity contribution in [2.75, 3.05) is 20.3 Å². The molecule has 1 saturated carbocycles. The molecule has 0 aromatic carbocycles. The van der Waals surface area contributed by atoms with Gasteiger partial charge in [-0.25, -0.2) is 0 Å². The maximum Gasteiger partial charge on any atom is 0.117 e. The monoisotopic (exact) mass is 224 g/mol. The van der Waals surface area contributed by atoms with Gasteiger partial charge in [0.15, 0.2) is 0 Å². The van der Waals surface area contributed by atoms with Gasteiger partial charge in [0.05, 0.1) is 19.4 Å². The Hall–Kier alpha value is -0.840. The van der Waals surface area contributed by atoms with Gasteiger partial charge in [0, 0.05) is 25.7 Å². The van der Waals surface area contributed by atoms with Crippen LogP contribution in [0.25, 0.3) is 0 Å².